The van der Waals surface area contributed by atoms with Crippen molar-refractivity contribution in [1.29, 1.82) is 0 Å². The normalized spacial score (nSPS) is 16.6. The molecule has 1 fully saturated rings. The third kappa shape index (κ3) is 3.02. The van der Waals surface area contributed by atoms with Gasteiger partial charge in [-0.1, -0.05) is 12.1 Å². The van der Waals surface area contributed by atoms with Gasteiger partial charge in [0.2, 0.25) is 5.91 Å². The monoisotopic (exact) mass is 378 g/mol. The first kappa shape index (κ1) is 18.2. The van der Waals surface area contributed by atoms with Gasteiger partial charge in [-0.2, -0.15) is 0 Å². The number of amides is 4. The predicted molar refractivity (Wildman–Crippen MR) is 103 cm³/mol. The molecule has 0 aliphatic carbocycles. The summed E-state index contributed by atoms with van der Waals surface area (Å²) in [5.74, 6) is -0.121. The van der Waals surface area contributed by atoms with Crippen LogP contribution < -0.4 is 0 Å². The summed E-state index contributed by atoms with van der Waals surface area (Å²) < 4.78 is 0. The molecule has 3 heterocycles. The van der Waals surface area contributed by atoms with Gasteiger partial charge in [-0.05, 0) is 43.2 Å². The number of pyridine rings is 1. The molecule has 2 aliphatic rings. The number of hydrogen-bond acceptors (Lipinski definition) is 4. The molecule has 4 amide bonds. The molecule has 144 valence electrons. The van der Waals surface area contributed by atoms with Gasteiger partial charge in [-0.15, -0.1) is 0 Å². The van der Waals surface area contributed by atoms with E-state index in [-0.39, 0.29) is 30.4 Å². The van der Waals surface area contributed by atoms with Gasteiger partial charge in [0.25, 0.3) is 5.91 Å². The number of likely N-dealkylation sites (N-methyl/N-ethyl adjacent to an activating group) is 1. The summed E-state index contributed by atoms with van der Waals surface area (Å²) in [6.45, 7) is 5.05. The van der Waals surface area contributed by atoms with Crippen LogP contribution in [0.1, 0.15) is 35.5 Å². The van der Waals surface area contributed by atoms with Crippen molar-refractivity contribution in [2.24, 2.45) is 0 Å². The summed E-state index contributed by atoms with van der Waals surface area (Å²) in [7, 11) is 1.49. The zero-order valence-corrected chi connectivity index (χ0v) is 16.2. The van der Waals surface area contributed by atoms with E-state index >= 15 is 0 Å². The van der Waals surface area contributed by atoms with Crippen molar-refractivity contribution in [2.75, 3.05) is 13.6 Å². The summed E-state index contributed by atoms with van der Waals surface area (Å²) in [5, 5.41) is 0. The molecule has 28 heavy (non-hydrogen) atoms. The Kier molecular flexibility index (Phi) is 4.37. The highest BCUT2D eigenvalue weighted by atomic mass is 16.2. The minimum absolute atomic E-state index is 0.0832. The van der Waals surface area contributed by atoms with Gasteiger partial charge < -0.3 is 9.80 Å². The summed E-state index contributed by atoms with van der Waals surface area (Å²) in [4.78, 5) is 45.0. The molecular formula is C21H22N4O3. The molecule has 0 atom stereocenters. The molecule has 7 heteroatoms. The number of urea groups is 1. The maximum absolute atomic E-state index is 12.4. The number of rotatable bonds is 4. The summed E-state index contributed by atoms with van der Waals surface area (Å²) in [6, 6.07) is 9.56. The molecular weight excluding hydrogens is 356 g/mol. The Hall–Kier alpha value is -3.22. The first-order valence-electron chi connectivity index (χ1n) is 9.30. The number of nitrogens with zero attached hydrogens (tertiary/aromatic N) is 4. The lowest BCUT2D eigenvalue weighted by molar-refractivity contribution is -0.124. The zero-order chi connectivity index (χ0) is 20.0. The van der Waals surface area contributed by atoms with Gasteiger partial charge in [0, 0.05) is 37.0 Å². The molecule has 0 radical (unpaired) electrons. The van der Waals surface area contributed by atoms with Crippen LogP contribution in [0, 0.1) is 0 Å². The van der Waals surface area contributed by atoms with Crippen molar-refractivity contribution < 1.29 is 14.4 Å². The van der Waals surface area contributed by atoms with Crippen LogP contribution in [0.3, 0.4) is 0 Å². The smallest absolute Gasteiger partial charge is 0.327 e. The second-order valence-corrected chi connectivity index (χ2v) is 7.53. The molecule has 7 nitrogen and oxygen atoms in total. The highest BCUT2D eigenvalue weighted by Crippen LogP contribution is 2.29. The molecule has 0 unspecified atom stereocenters. The average Bonchev–Trinajstić information content (AvgIpc) is 3.14. The van der Waals surface area contributed by atoms with Gasteiger partial charge >= 0.3 is 6.03 Å². The van der Waals surface area contributed by atoms with Crippen molar-refractivity contribution in [3.63, 3.8) is 0 Å². The number of aromatic nitrogens is 1. The van der Waals surface area contributed by atoms with Gasteiger partial charge in [0.05, 0.1) is 12.2 Å². The number of benzene rings is 1. The zero-order valence-electron chi connectivity index (χ0n) is 16.2. The Bertz CT molecular complexity index is 968. The Morgan fingerprint density at radius 3 is 2.39 bits per heavy atom. The third-order valence-corrected chi connectivity index (χ3v) is 5.33. The number of carbonyl (C=O) groups is 3. The lowest BCUT2D eigenvalue weighted by Gasteiger charge is -2.19. The van der Waals surface area contributed by atoms with Crippen LogP contribution in [-0.2, 0) is 17.9 Å². The van der Waals surface area contributed by atoms with Crippen LogP contribution >= 0.6 is 0 Å². The summed E-state index contributed by atoms with van der Waals surface area (Å²) in [5.41, 5.74) is 4.47. The minimum atomic E-state index is -0.297. The van der Waals surface area contributed by atoms with Crippen LogP contribution in [0.2, 0.25) is 0 Å². The Morgan fingerprint density at radius 1 is 1.04 bits per heavy atom. The number of fused-ring (bicyclic) bond motifs is 1. The fraction of sp³-hybridized carbons (Fsp3) is 0.333. The highest BCUT2D eigenvalue weighted by Gasteiger charge is 2.33. The van der Waals surface area contributed by atoms with Crippen LogP contribution in [0.5, 0.6) is 0 Å². The fourth-order valence-corrected chi connectivity index (χ4v) is 3.60. The van der Waals surface area contributed by atoms with Crippen molar-refractivity contribution in [3.05, 3.63) is 53.3 Å². The maximum atomic E-state index is 12.4. The van der Waals surface area contributed by atoms with E-state index in [0.717, 1.165) is 32.8 Å². The molecule has 1 aromatic heterocycles. The number of imide groups is 1. The molecule has 0 saturated carbocycles. The summed E-state index contributed by atoms with van der Waals surface area (Å²) >= 11 is 0. The van der Waals surface area contributed by atoms with Crippen molar-refractivity contribution >= 4 is 17.8 Å². The van der Waals surface area contributed by atoms with Gasteiger partial charge in [0.15, 0.2) is 0 Å². The minimum Gasteiger partial charge on any atom is -0.332 e. The largest absolute Gasteiger partial charge is 0.332 e. The predicted octanol–water partition coefficient (Wildman–Crippen LogP) is 2.51. The van der Waals surface area contributed by atoms with E-state index in [4.69, 9.17) is 0 Å². The van der Waals surface area contributed by atoms with Crippen molar-refractivity contribution in [2.45, 2.75) is 33.0 Å². The van der Waals surface area contributed by atoms with E-state index in [1.165, 1.54) is 11.9 Å². The average molecular weight is 378 g/mol. The van der Waals surface area contributed by atoms with E-state index in [1.807, 2.05) is 49.1 Å². The van der Waals surface area contributed by atoms with Crippen LogP contribution in [0.15, 0.2) is 36.5 Å². The molecule has 2 aliphatic heterocycles. The quantitative estimate of drug-likeness (QED) is 0.767. The lowest BCUT2D eigenvalue weighted by atomic mass is 10.0. The van der Waals surface area contributed by atoms with Gasteiger partial charge in [-0.25, -0.2) is 4.79 Å². The third-order valence-electron chi connectivity index (χ3n) is 5.33. The molecule has 0 N–H and O–H groups in total. The highest BCUT2D eigenvalue weighted by molar-refractivity contribution is 6.01. The second-order valence-electron chi connectivity index (χ2n) is 7.53. The Morgan fingerprint density at radius 2 is 1.79 bits per heavy atom. The molecule has 1 saturated heterocycles. The number of hydrogen-bond donors (Lipinski definition) is 0. The topological polar surface area (TPSA) is 73.8 Å². The SMILES string of the molecule is CC(C)N1Cc2cc(-c3ccc(CN4CC(=O)N(C)C4=O)nc3)ccc2C1=O. The van der Waals surface area contributed by atoms with E-state index in [1.54, 1.807) is 6.20 Å². The van der Waals surface area contributed by atoms with E-state index in [9.17, 15) is 14.4 Å². The lowest BCUT2D eigenvalue weighted by Crippen LogP contribution is -2.30. The standard InChI is InChI=1S/C21H22N4O3/c1-13(2)25-10-16-8-14(5-7-18(16)20(25)27)15-4-6-17(22-9-15)11-24-12-19(26)23(3)21(24)28/h4-9,13H,10-12H2,1-3H3. The van der Waals surface area contributed by atoms with Gasteiger partial charge in [-0.3, -0.25) is 19.5 Å². The van der Waals surface area contributed by atoms with E-state index < -0.39 is 0 Å². The molecule has 2 aromatic rings. The molecule has 0 bridgehead atoms. The second kappa shape index (κ2) is 6.74. The first-order chi connectivity index (χ1) is 13.3. The molecule has 0 spiro atoms. The maximum Gasteiger partial charge on any atom is 0.327 e. The molecule has 4 rings (SSSR count). The first-order valence-corrected chi connectivity index (χ1v) is 9.30. The summed E-state index contributed by atoms with van der Waals surface area (Å²) in [6.07, 6.45) is 1.76. The van der Waals surface area contributed by atoms with E-state index in [2.05, 4.69) is 4.98 Å². The van der Waals surface area contributed by atoms with Crippen molar-refractivity contribution in [3.8, 4) is 11.1 Å². The Labute approximate surface area is 163 Å². The van der Waals surface area contributed by atoms with Crippen LogP contribution in [-0.4, -0.2) is 57.2 Å². The molecule has 1 aromatic carbocycles. The Balaban J connectivity index is 1.51. The fourth-order valence-electron chi connectivity index (χ4n) is 3.60. The number of carbonyl (C=O) groups excluding carboxylic acids is 3. The van der Waals surface area contributed by atoms with Crippen LogP contribution in [0.4, 0.5) is 4.79 Å². The van der Waals surface area contributed by atoms with Crippen molar-refractivity contribution in [1.82, 2.24) is 19.7 Å². The van der Waals surface area contributed by atoms with E-state index in [0.29, 0.717) is 13.1 Å². The van der Waals surface area contributed by atoms with Gasteiger partial charge in [0.1, 0.15) is 6.54 Å². The van der Waals surface area contributed by atoms with Crippen LogP contribution in [0.25, 0.3) is 11.1 Å².